The average Bonchev–Trinajstić information content (AvgIpc) is 3.27. The Morgan fingerprint density at radius 2 is 2.33 bits per heavy atom. The zero-order valence-corrected chi connectivity index (χ0v) is 15.7. The van der Waals surface area contributed by atoms with Crippen LogP contribution in [0.15, 0.2) is 23.6 Å². The third-order valence-corrected chi connectivity index (χ3v) is 7.00. The lowest BCUT2D eigenvalue weighted by Gasteiger charge is -2.33. The fraction of sp³-hybridized carbons (Fsp3) is 0.600. The Hall–Kier alpha value is -1.86. The van der Waals surface area contributed by atoms with Gasteiger partial charge in [0.15, 0.2) is 0 Å². The summed E-state index contributed by atoms with van der Waals surface area (Å²) in [6.07, 6.45) is 8.65. The molecule has 2 aromatic heterocycles. The molecular weight excluding hydrogens is 339 g/mol. The molecule has 0 amide bonds. The van der Waals surface area contributed by atoms with Gasteiger partial charge in [-0.05, 0) is 61.4 Å². The quantitative estimate of drug-likeness (QED) is 0.269. The first-order valence-corrected chi connectivity index (χ1v) is 10.1. The molecule has 4 saturated carbocycles. The molecule has 7 heteroatoms. The van der Waals surface area contributed by atoms with Crippen LogP contribution in [0.1, 0.15) is 44.6 Å². The summed E-state index contributed by atoms with van der Waals surface area (Å²) in [7, 11) is 1.13. The van der Waals surface area contributed by atoms with Gasteiger partial charge in [0.2, 0.25) is 0 Å². The largest absolute Gasteiger partial charge is 0.450 e. The SMILES string of the molecule is CCCN/N=C(\c1c([B]O)cnc2[nH]ccc12)C1C2CC3CC1C(O)(C3)C2. The van der Waals surface area contributed by atoms with Crippen molar-refractivity contribution in [3.8, 4) is 0 Å². The van der Waals surface area contributed by atoms with E-state index in [1.165, 1.54) is 6.42 Å². The highest BCUT2D eigenvalue weighted by atomic mass is 16.3. The van der Waals surface area contributed by atoms with E-state index in [1.807, 2.05) is 12.3 Å². The van der Waals surface area contributed by atoms with Crippen molar-refractivity contribution in [2.45, 2.75) is 44.6 Å². The van der Waals surface area contributed by atoms with Gasteiger partial charge < -0.3 is 20.5 Å². The van der Waals surface area contributed by atoms with Crippen molar-refractivity contribution in [3.63, 3.8) is 0 Å². The molecule has 2 heterocycles. The summed E-state index contributed by atoms with van der Waals surface area (Å²) in [4.78, 5) is 7.58. The highest BCUT2D eigenvalue weighted by Gasteiger charge is 2.63. The standard InChI is InChI=1S/C20H26BN4O2/c1-2-4-24-25-18(16-12-6-11-7-14(16)20(26,8-11)9-12)17-13-3-5-22-19(13)23-10-15(17)21-27/h3,5,10-12,14,16,24,26-27H,2,4,6-9H2,1H3,(H,22,23)/b25-18-. The highest BCUT2D eigenvalue weighted by molar-refractivity contribution is 6.49. The molecule has 141 valence electrons. The maximum atomic E-state index is 11.2. The number of fused-ring (bicyclic) bond motifs is 1. The number of aromatic nitrogens is 2. The van der Waals surface area contributed by atoms with Crippen LogP contribution in [0.3, 0.4) is 0 Å². The molecule has 4 aliphatic carbocycles. The van der Waals surface area contributed by atoms with Gasteiger partial charge in [-0.1, -0.05) is 6.92 Å². The van der Waals surface area contributed by atoms with Gasteiger partial charge in [-0.15, -0.1) is 0 Å². The fourth-order valence-electron chi connectivity index (χ4n) is 6.15. The number of pyridine rings is 1. The van der Waals surface area contributed by atoms with Crippen LogP contribution in [0.5, 0.6) is 0 Å². The molecule has 6 rings (SSSR count). The zero-order valence-electron chi connectivity index (χ0n) is 15.7. The van der Waals surface area contributed by atoms with E-state index in [0.29, 0.717) is 17.3 Å². The van der Waals surface area contributed by atoms with Crippen molar-refractivity contribution in [2.75, 3.05) is 6.54 Å². The van der Waals surface area contributed by atoms with Gasteiger partial charge >= 0.3 is 7.48 Å². The Balaban J connectivity index is 1.65. The van der Waals surface area contributed by atoms with E-state index in [1.54, 1.807) is 6.20 Å². The van der Waals surface area contributed by atoms with Crippen LogP contribution in [0.25, 0.3) is 11.0 Å². The van der Waals surface area contributed by atoms with E-state index < -0.39 is 5.60 Å². The molecule has 1 radical (unpaired) electrons. The minimum absolute atomic E-state index is 0.220. The Labute approximate surface area is 159 Å². The molecule has 27 heavy (non-hydrogen) atoms. The number of hydrogen-bond donors (Lipinski definition) is 4. The number of nitrogens with zero attached hydrogens (tertiary/aromatic N) is 2. The van der Waals surface area contributed by atoms with Crippen molar-refractivity contribution in [1.29, 1.82) is 0 Å². The molecule has 4 N–H and O–H groups in total. The van der Waals surface area contributed by atoms with Crippen LogP contribution >= 0.6 is 0 Å². The van der Waals surface area contributed by atoms with Gasteiger partial charge in [0.25, 0.3) is 0 Å². The van der Waals surface area contributed by atoms with E-state index in [4.69, 9.17) is 5.10 Å². The average molecular weight is 365 g/mol. The van der Waals surface area contributed by atoms with Gasteiger partial charge in [0.1, 0.15) is 5.65 Å². The molecular formula is C20H26BN4O2. The monoisotopic (exact) mass is 365 g/mol. The zero-order chi connectivity index (χ0) is 18.6. The number of aromatic amines is 1. The summed E-state index contributed by atoms with van der Waals surface area (Å²) in [5, 5.41) is 26.9. The van der Waals surface area contributed by atoms with Crippen LogP contribution in [0.2, 0.25) is 0 Å². The molecule has 6 nitrogen and oxygen atoms in total. The Morgan fingerprint density at radius 1 is 1.44 bits per heavy atom. The van der Waals surface area contributed by atoms with Crippen LogP contribution in [0.4, 0.5) is 0 Å². The molecule has 4 bridgehead atoms. The maximum absolute atomic E-state index is 11.2. The first-order chi connectivity index (χ1) is 13.1. The molecule has 0 aliphatic heterocycles. The minimum atomic E-state index is -0.531. The van der Waals surface area contributed by atoms with Crippen molar-refractivity contribution in [3.05, 3.63) is 24.0 Å². The second-order valence-electron chi connectivity index (χ2n) is 8.60. The van der Waals surface area contributed by atoms with E-state index in [9.17, 15) is 10.1 Å². The fourth-order valence-corrected chi connectivity index (χ4v) is 6.15. The molecule has 2 aromatic rings. The number of H-pyrrole nitrogens is 1. The van der Waals surface area contributed by atoms with Crippen molar-refractivity contribution >= 4 is 29.7 Å². The van der Waals surface area contributed by atoms with Gasteiger partial charge in [-0.25, -0.2) is 4.98 Å². The van der Waals surface area contributed by atoms with E-state index in [2.05, 4.69) is 22.3 Å². The topological polar surface area (TPSA) is 93.5 Å². The van der Waals surface area contributed by atoms with Gasteiger partial charge in [-0.3, -0.25) is 0 Å². The summed E-state index contributed by atoms with van der Waals surface area (Å²) >= 11 is 0. The van der Waals surface area contributed by atoms with E-state index >= 15 is 0 Å². The summed E-state index contributed by atoms with van der Waals surface area (Å²) in [6.45, 7) is 2.92. The minimum Gasteiger partial charge on any atom is -0.450 e. The predicted octanol–water partition coefficient (Wildman–Crippen LogP) is 1.30. The summed E-state index contributed by atoms with van der Waals surface area (Å²) < 4.78 is 0. The van der Waals surface area contributed by atoms with Crippen molar-refractivity contribution in [2.24, 2.45) is 28.8 Å². The summed E-state index contributed by atoms with van der Waals surface area (Å²) in [5.74, 6) is 1.60. The smallest absolute Gasteiger partial charge is 0.329 e. The third-order valence-electron chi connectivity index (χ3n) is 7.00. The number of nitrogens with one attached hydrogen (secondary N) is 2. The first kappa shape index (κ1) is 17.3. The number of hydrogen-bond acceptors (Lipinski definition) is 5. The number of hydrazone groups is 1. The molecule has 0 saturated heterocycles. The lowest BCUT2D eigenvalue weighted by Crippen LogP contribution is -2.37. The number of aliphatic hydroxyl groups is 1. The second-order valence-corrected chi connectivity index (χ2v) is 8.60. The van der Waals surface area contributed by atoms with Crippen LogP contribution in [0, 0.1) is 23.7 Å². The Kier molecular flexibility index (Phi) is 4.06. The molecule has 5 unspecified atom stereocenters. The second kappa shape index (κ2) is 6.35. The molecule has 4 fully saturated rings. The molecule has 5 atom stereocenters. The first-order valence-electron chi connectivity index (χ1n) is 10.1. The summed E-state index contributed by atoms with van der Waals surface area (Å²) in [5.41, 5.74) is 6.09. The van der Waals surface area contributed by atoms with Crippen molar-refractivity contribution < 1.29 is 10.1 Å². The van der Waals surface area contributed by atoms with Crippen LogP contribution in [-0.4, -0.2) is 45.4 Å². The highest BCUT2D eigenvalue weighted by Crippen LogP contribution is 2.63. The Morgan fingerprint density at radius 3 is 3.11 bits per heavy atom. The lowest BCUT2D eigenvalue weighted by atomic mass is 9.70. The van der Waals surface area contributed by atoms with Crippen molar-refractivity contribution in [1.82, 2.24) is 15.4 Å². The molecule has 4 aliphatic rings. The number of rotatable bonds is 6. The van der Waals surface area contributed by atoms with Gasteiger partial charge in [-0.2, -0.15) is 5.10 Å². The van der Waals surface area contributed by atoms with Gasteiger partial charge in [0, 0.05) is 35.8 Å². The van der Waals surface area contributed by atoms with E-state index in [0.717, 1.165) is 62.0 Å². The maximum Gasteiger partial charge on any atom is 0.329 e. The summed E-state index contributed by atoms with van der Waals surface area (Å²) in [6, 6.07) is 2.00. The molecule has 0 spiro atoms. The lowest BCUT2D eigenvalue weighted by molar-refractivity contribution is 0.00919. The van der Waals surface area contributed by atoms with Gasteiger partial charge in [0.05, 0.1) is 11.3 Å². The van der Waals surface area contributed by atoms with Crippen LogP contribution in [-0.2, 0) is 0 Å². The Bertz CT molecular complexity index is 897. The predicted molar refractivity (Wildman–Crippen MR) is 106 cm³/mol. The third kappa shape index (κ3) is 2.55. The molecule has 0 aromatic carbocycles. The van der Waals surface area contributed by atoms with Crippen LogP contribution < -0.4 is 10.9 Å². The van der Waals surface area contributed by atoms with E-state index in [-0.39, 0.29) is 11.8 Å². The normalized spacial score (nSPS) is 34.6.